The molecule has 4 rings (SSSR count). The minimum Gasteiger partial charge on any atom is -0.427 e. The molecule has 29 heavy (non-hydrogen) atoms. The largest absolute Gasteiger partial charge is 0.427 e. The van der Waals surface area contributed by atoms with Crippen LogP contribution in [0.25, 0.3) is 10.9 Å². The summed E-state index contributed by atoms with van der Waals surface area (Å²) in [4.78, 5) is 25.0. The standard InChI is InChI=1S/C23H26N2O4/c1-16-15-20(18-8-13-28-14-9-18)29-23(27)21(16)22(26)24-10-4-11-25-12-7-17-5-2-3-6-19(17)25/h2-3,5-7,12,15,18H,4,8-11,13-14H2,1H3,(H,24,26). The topological polar surface area (TPSA) is 73.5 Å². The maximum absolute atomic E-state index is 12.5. The summed E-state index contributed by atoms with van der Waals surface area (Å²) in [7, 11) is 0. The highest BCUT2D eigenvalue weighted by atomic mass is 16.5. The first kappa shape index (κ1) is 19.5. The molecule has 3 heterocycles. The van der Waals surface area contributed by atoms with Crippen LogP contribution in [0.4, 0.5) is 0 Å². The Bertz CT molecular complexity index is 1060. The number of amides is 1. The van der Waals surface area contributed by atoms with E-state index in [0.29, 0.717) is 31.1 Å². The van der Waals surface area contributed by atoms with Crippen LogP contribution in [0, 0.1) is 6.92 Å². The van der Waals surface area contributed by atoms with Gasteiger partial charge in [0.25, 0.3) is 5.91 Å². The Morgan fingerprint density at radius 2 is 2.00 bits per heavy atom. The number of ether oxygens (including phenoxy) is 1. The van der Waals surface area contributed by atoms with Gasteiger partial charge in [0.2, 0.25) is 0 Å². The molecule has 1 aliphatic heterocycles. The number of benzene rings is 1. The second-order valence-electron chi connectivity index (χ2n) is 7.56. The average Bonchev–Trinajstić information content (AvgIpc) is 3.14. The molecule has 1 amide bonds. The van der Waals surface area contributed by atoms with Crippen molar-refractivity contribution < 1.29 is 13.9 Å². The number of rotatable bonds is 6. The van der Waals surface area contributed by atoms with Crippen molar-refractivity contribution in [3.05, 3.63) is 69.9 Å². The molecular formula is C23H26N2O4. The van der Waals surface area contributed by atoms with Gasteiger partial charge in [0.05, 0.1) is 0 Å². The lowest BCUT2D eigenvalue weighted by molar-refractivity contribution is 0.0795. The van der Waals surface area contributed by atoms with E-state index in [1.807, 2.05) is 18.2 Å². The summed E-state index contributed by atoms with van der Waals surface area (Å²) in [6.45, 7) is 4.43. The molecule has 0 saturated carbocycles. The number of aromatic nitrogens is 1. The molecule has 0 aliphatic carbocycles. The summed E-state index contributed by atoms with van der Waals surface area (Å²) in [6, 6.07) is 12.1. The van der Waals surface area contributed by atoms with Crippen LogP contribution in [-0.4, -0.2) is 30.2 Å². The van der Waals surface area contributed by atoms with E-state index in [4.69, 9.17) is 9.15 Å². The van der Waals surface area contributed by atoms with Gasteiger partial charge in [-0.3, -0.25) is 4.79 Å². The second-order valence-corrected chi connectivity index (χ2v) is 7.56. The van der Waals surface area contributed by atoms with E-state index in [9.17, 15) is 9.59 Å². The van der Waals surface area contributed by atoms with E-state index in [-0.39, 0.29) is 17.4 Å². The van der Waals surface area contributed by atoms with Gasteiger partial charge < -0.3 is 19.0 Å². The molecule has 1 aromatic carbocycles. The monoisotopic (exact) mass is 394 g/mol. The first-order valence-electron chi connectivity index (χ1n) is 10.2. The molecule has 0 bridgehead atoms. The van der Waals surface area contributed by atoms with Crippen molar-refractivity contribution in [2.75, 3.05) is 19.8 Å². The molecule has 1 saturated heterocycles. The fraction of sp³-hybridized carbons (Fsp3) is 0.391. The van der Waals surface area contributed by atoms with E-state index < -0.39 is 5.63 Å². The number of fused-ring (bicyclic) bond motifs is 1. The summed E-state index contributed by atoms with van der Waals surface area (Å²) in [5.41, 5.74) is 1.39. The molecule has 6 heteroatoms. The van der Waals surface area contributed by atoms with Crippen LogP contribution >= 0.6 is 0 Å². The number of carbonyl (C=O) groups is 1. The maximum atomic E-state index is 12.5. The van der Waals surface area contributed by atoms with Crippen LogP contribution in [0.2, 0.25) is 0 Å². The summed E-state index contributed by atoms with van der Waals surface area (Å²) >= 11 is 0. The van der Waals surface area contributed by atoms with Crippen LogP contribution in [0.3, 0.4) is 0 Å². The molecule has 0 atom stereocenters. The number of nitrogens with zero attached hydrogens (tertiary/aromatic N) is 1. The first-order valence-corrected chi connectivity index (χ1v) is 10.2. The third-order valence-electron chi connectivity index (χ3n) is 5.56. The molecule has 1 N–H and O–H groups in total. The van der Waals surface area contributed by atoms with Crippen molar-refractivity contribution in [2.24, 2.45) is 0 Å². The lowest BCUT2D eigenvalue weighted by atomic mass is 9.95. The second kappa shape index (κ2) is 8.66. The Morgan fingerprint density at radius 1 is 1.21 bits per heavy atom. The van der Waals surface area contributed by atoms with Crippen LogP contribution < -0.4 is 10.9 Å². The molecule has 6 nitrogen and oxygen atoms in total. The zero-order valence-corrected chi connectivity index (χ0v) is 16.6. The summed E-state index contributed by atoms with van der Waals surface area (Å²) in [5, 5.41) is 4.06. The highest BCUT2D eigenvalue weighted by molar-refractivity contribution is 5.95. The zero-order valence-electron chi connectivity index (χ0n) is 16.6. The summed E-state index contributed by atoms with van der Waals surface area (Å²) in [5.74, 6) is 0.475. The minimum absolute atomic E-state index is 0.104. The van der Waals surface area contributed by atoms with Crippen molar-refractivity contribution in [3.63, 3.8) is 0 Å². The predicted octanol–water partition coefficient (Wildman–Crippen LogP) is 3.62. The Kier molecular flexibility index (Phi) is 5.81. The van der Waals surface area contributed by atoms with Gasteiger partial charge in [-0.2, -0.15) is 0 Å². The summed E-state index contributed by atoms with van der Waals surface area (Å²) in [6.07, 6.45) is 4.50. The van der Waals surface area contributed by atoms with E-state index in [1.165, 1.54) is 10.9 Å². The van der Waals surface area contributed by atoms with Crippen molar-refractivity contribution in [1.82, 2.24) is 9.88 Å². The third kappa shape index (κ3) is 4.27. The summed E-state index contributed by atoms with van der Waals surface area (Å²) < 4.78 is 13.0. The van der Waals surface area contributed by atoms with E-state index >= 15 is 0 Å². The molecular weight excluding hydrogens is 368 g/mol. The number of para-hydroxylation sites is 1. The molecule has 0 spiro atoms. The molecule has 0 unspecified atom stereocenters. The van der Waals surface area contributed by atoms with E-state index in [0.717, 1.165) is 25.8 Å². The van der Waals surface area contributed by atoms with Gasteiger partial charge in [-0.15, -0.1) is 0 Å². The third-order valence-corrected chi connectivity index (χ3v) is 5.56. The zero-order chi connectivity index (χ0) is 20.2. The Balaban J connectivity index is 1.36. The van der Waals surface area contributed by atoms with Gasteiger partial charge in [-0.05, 0) is 55.3 Å². The Labute approximate surface area is 169 Å². The maximum Gasteiger partial charge on any atom is 0.349 e. The fourth-order valence-corrected chi connectivity index (χ4v) is 3.96. The number of nitrogens with one attached hydrogen (secondary N) is 1. The lowest BCUT2D eigenvalue weighted by Crippen LogP contribution is -2.31. The van der Waals surface area contributed by atoms with Crippen molar-refractivity contribution in [1.29, 1.82) is 0 Å². The number of hydrogen-bond donors (Lipinski definition) is 1. The SMILES string of the molecule is Cc1cc(C2CCOCC2)oc(=O)c1C(=O)NCCCn1ccc2ccccc21. The van der Waals surface area contributed by atoms with Gasteiger partial charge in [0.1, 0.15) is 11.3 Å². The minimum atomic E-state index is -0.555. The van der Waals surface area contributed by atoms with Crippen LogP contribution in [0.15, 0.2) is 51.8 Å². The smallest absolute Gasteiger partial charge is 0.349 e. The first-order chi connectivity index (χ1) is 14.1. The van der Waals surface area contributed by atoms with Gasteiger partial charge in [0.15, 0.2) is 0 Å². The van der Waals surface area contributed by atoms with Crippen molar-refractivity contribution >= 4 is 16.8 Å². The Hall–Kier alpha value is -2.86. The van der Waals surface area contributed by atoms with E-state index in [2.05, 4.69) is 34.3 Å². The predicted molar refractivity (Wildman–Crippen MR) is 111 cm³/mol. The molecule has 152 valence electrons. The quantitative estimate of drug-likeness (QED) is 0.648. The van der Waals surface area contributed by atoms with Crippen LogP contribution in [-0.2, 0) is 11.3 Å². The molecule has 3 aromatic rings. The van der Waals surface area contributed by atoms with E-state index in [1.54, 1.807) is 6.92 Å². The molecule has 0 radical (unpaired) electrons. The highest BCUT2D eigenvalue weighted by Gasteiger charge is 2.22. The Morgan fingerprint density at radius 3 is 2.79 bits per heavy atom. The normalized spacial score (nSPS) is 14.9. The molecule has 1 aliphatic rings. The lowest BCUT2D eigenvalue weighted by Gasteiger charge is -2.21. The van der Waals surface area contributed by atoms with Gasteiger partial charge in [-0.25, -0.2) is 4.79 Å². The van der Waals surface area contributed by atoms with Gasteiger partial charge in [0, 0.05) is 43.9 Å². The van der Waals surface area contributed by atoms with Crippen molar-refractivity contribution in [3.8, 4) is 0 Å². The number of aryl methyl sites for hydroxylation is 2. The van der Waals surface area contributed by atoms with Gasteiger partial charge in [-0.1, -0.05) is 18.2 Å². The van der Waals surface area contributed by atoms with Crippen molar-refractivity contribution in [2.45, 2.75) is 38.6 Å². The number of hydrogen-bond acceptors (Lipinski definition) is 4. The molecule has 1 fully saturated rings. The van der Waals surface area contributed by atoms with Crippen LogP contribution in [0.5, 0.6) is 0 Å². The number of carbonyl (C=O) groups excluding carboxylic acids is 1. The van der Waals surface area contributed by atoms with Gasteiger partial charge >= 0.3 is 5.63 Å². The average molecular weight is 394 g/mol. The van der Waals surface area contributed by atoms with Crippen LogP contribution in [0.1, 0.15) is 46.9 Å². The highest BCUT2D eigenvalue weighted by Crippen LogP contribution is 2.27. The fourth-order valence-electron chi connectivity index (χ4n) is 3.96. The molecule has 2 aromatic heterocycles.